The van der Waals surface area contributed by atoms with Crippen LogP contribution in [0.25, 0.3) is 0 Å². The number of hydrogen-bond acceptors (Lipinski definition) is 4. The number of nitrogens with zero attached hydrogens (tertiary/aromatic N) is 1. The van der Waals surface area contributed by atoms with Gasteiger partial charge in [0.15, 0.2) is 5.71 Å². The second-order valence-corrected chi connectivity index (χ2v) is 11.4. The second kappa shape index (κ2) is 11.1. The van der Waals surface area contributed by atoms with Crippen molar-refractivity contribution in [1.82, 2.24) is 0 Å². The third kappa shape index (κ3) is 6.87. The molecule has 0 saturated heterocycles. The molecule has 0 spiro atoms. The van der Waals surface area contributed by atoms with Gasteiger partial charge in [-0.3, -0.25) is 4.28 Å². The molecule has 0 saturated carbocycles. The first-order valence-electron chi connectivity index (χ1n) is 12.0. The molecule has 0 aliphatic carbocycles. The van der Waals surface area contributed by atoms with Crippen molar-refractivity contribution in [3.8, 4) is 0 Å². The predicted molar refractivity (Wildman–Crippen MR) is 135 cm³/mol. The number of halogens is 3. The highest BCUT2D eigenvalue weighted by Gasteiger charge is 2.39. The van der Waals surface area contributed by atoms with Gasteiger partial charge >= 0.3 is 16.3 Å². The zero-order chi connectivity index (χ0) is 26.7. The molecule has 1 atom stereocenters. The number of alkyl halides is 3. The molecule has 1 unspecified atom stereocenters. The first-order chi connectivity index (χ1) is 16.1. The van der Waals surface area contributed by atoms with E-state index in [1.54, 1.807) is 24.3 Å². The predicted octanol–water partition coefficient (Wildman–Crippen LogP) is 8.24. The minimum Gasteiger partial charge on any atom is -0.264 e. The molecule has 0 aliphatic rings. The van der Waals surface area contributed by atoms with E-state index < -0.39 is 22.0 Å². The van der Waals surface area contributed by atoms with Gasteiger partial charge in [-0.2, -0.15) is 21.6 Å². The van der Waals surface area contributed by atoms with Crippen LogP contribution in [-0.2, 0) is 14.4 Å². The number of hydrogen-bond donors (Lipinski definition) is 0. The molecule has 0 heterocycles. The van der Waals surface area contributed by atoms with E-state index in [-0.39, 0.29) is 34.1 Å². The lowest BCUT2D eigenvalue weighted by Gasteiger charge is -2.21. The van der Waals surface area contributed by atoms with Crippen LogP contribution in [0.1, 0.15) is 113 Å². The van der Waals surface area contributed by atoms with Gasteiger partial charge in [0.05, 0.1) is 0 Å². The van der Waals surface area contributed by atoms with Crippen LogP contribution >= 0.6 is 0 Å². The van der Waals surface area contributed by atoms with Crippen LogP contribution in [0.5, 0.6) is 0 Å². The summed E-state index contributed by atoms with van der Waals surface area (Å²) in [5.41, 5.74) is 1.19. The Kier molecular flexibility index (Phi) is 9.20. The Labute approximate surface area is 207 Å². The minimum absolute atomic E-state index is 0.107. The Morgan fingerprint density at radius 2 is 1.34 bits per heavy atom. The lowest BCUT2D eigenvalue weighted by atomic mass is 9.89. The van der Waals surface area contributed by atoms with Crippen molar-refractivity contribution in [3.05, 3.63) is 64.2 Å². The van der Waals surface area contributed by atoms with E-state index in [2.05, 4.69) is 5.16 Å². The summed E-state index contributed by atoms with van der Waals surface area (Å²) in [4.78, 5) is -0.107. The van der Waals surface area contributed by atoms with Gasteiger partial charge in [-0.1, -0.05) is 96.9 Å². The molecule has 0 aliphatic heterocycles. The minimum atomic E-state index is -4.91. The van der Waals surface area contributed by atoms with Crippen molar-refractivity contribution in [2.75, 3.05) is 0 Å². The first kappa shape index (κ1) is 28.9. The maximum atomic E-state index is 13.9. The molecule has 0 bridgehead atoms. The summed E-state index contributed by atoms with van der Waals surface area (Å²) in [5, 5.41) is 3.17. The quantitative estimate of drug-likeness (QED) is 0.252. The zero-order valence-electron chi connectivity index (χ0n) is 21.7. The molecule has 8 heteroatoms. The number of benzene rings is 2. The van der Waals surface area contributed by atoms with Crippen LogP contribution in [0.4, 0.5) is 13.2 Å². The van der Waals surface area contributed by atoms with Crippen molar-refractivity contribution < 1.29 is 25.9 Å². The van der Waals surface area contributed by atoms with Crippen LogP contribution in [0.15, 0.2) is 46.4 Å². The summed E-state index contributed by atoms with van der Waals surface area (Å²) >= 11 is 0. The van der Waals surface area contributed by atoms with Crippen LogP contribution in [-0.4, -0.2) is 20.3 Å². The Balaban J connectivity index is 2.63. The molecule has 4 nitrogen and oxygen atoms in total. The third-order valence-electron chi connectivity index (χ3n) is 6.19. The Morgan fingerprint density at radius 1 is 0.857 bits per heavy atom. The smallest absolute Gasteiger partial charge is 0.264 e. The van der Waals surface area contributed by atoms with Crippen LogP contribution in [0.3, 0.4) is 0 Å². The fraction of sp³-hybridized carbons (Fsp3) is 0.519. The second-order valence-electron chi connectivity index (χ2n) is 9.89. The lowest BCUT2D eigenvalue weighted by molar-refractivity contribution is -0.0597. The molecular weight excluding hydrogens is 475 g/mol. The number of oxime groups is 1. The van der Waals surface area contributed by atoms with Gasteiger partial charge in [0, 0.05) is 5.56 Å². The summed E-state index contributed by atoms with van der Waals surface area (Å²) in [6.45, 7) is 15.3. The van der Waals surface area contributed by atoms with E-state index >= 15 is 0 Å². The third-order valence-corrected chi connectivity index (χ3v) is 7.43. The molecule has 0 fully saturated rings. The van der Waals surface area contributed by atoms with Gasteiger partial charge in [0.2, 0.25) is 0 Å². The van der Waals surface area contributed by atoms with Gasteiger partial charge in [-0.05, 0) is 52.3 Å². The van der Waals surface area contributed by atoms with E-state index in [4.69, 9.17) is 4.28 Å². The highest BCUT2D eigenvalue weighted by Crippen LogP contribution is 2.36. The van der Waals surface area contributed by atoms with E-state index in [1.807, 2.05) is 55.4 Å². The van der Waals surface area contributed by atoms with Crippen LogP contribution in [0, 0.1) is 0 Å². The van der Waals surface area contributed by atoms with Gasteiger partial charge in [-0.25, -0.2) is 0 Å². The summed E-state index contributed by atoms with van der Waals surface area (Å²) in [6, 6.07) is 9.36. The van der Waals surface area contributed by atoms with E-state index in [9.17, 15) is 21.6 Å². The van der Waals surface area contributed by atoms with Crippen molar-refractivity contribution in [2.45, 2.75) is 96.6 Å². The molecule has 2 rings (SSSR count). The Bertz CT molecular complexity index is 1120. The van der Waals surface area contributed by atoms with Gasteiger partial charge in [0.25, 0.3) is 0 Å². The summed E-state index contributed by atoms with van der Waals surface area (Å²) in [6.07, 6.45) is -4.07. The van der Waals surface area contributed by atoms with Crippen molar-refractivity contribution >= 4 is 15.8 Å². The molecule has 194 valence electrons. The highest BCUT2D eigenvalue weighted by atomic mass is 32.2. The summed E-state index contributed by atoms with van der Waals surface area (Å²) < 4.78 is 73.0. The number of rotatable bonds is 9. The first-order valence-corrected chi connectivity index (χ1v) is 13.4. The standard InChI is InChI=1S/C27H36F3NO3S/c1-9-19(8)20-10-12-21(13-11-20)26(27(28,29)30)31-34-35(32,33)25-23(17(4)5)14-22(16(2)3)15-24(25)18(6)7/h10-19H,9H2,1-8H3. The van der Waals surface area contributed by atoms with Crippen LogP contribution < -0.4 is 0 Å². The molecule has 35 heavy (non-hydrogen) atoms. The van der Waals surface area contributed by atoms with E-state index in [0.717, 1.165) is 17.5 Å². The summed E-state index contributed by atoms with van der Waals surface area (Å²) in [5.74, 6) is -0.0573. The summed E-state index contributed by atoms with van der Waals surface area (Å²) in [7, 11) is -4.63. The molecule has 0 amide bonds. The highest BCUT2D eigenvalue weighted by molar-refractivity contribution is 7.86. The average Bonchev–Trinajstić information content (AvgIpc) is 2.76. The van der Waals surface area contributed by atoms with E-state index in [1.165, 1.54) is 12.1 Å². The topological polar surface area (TPSA) is 55.7 Å². The Hall–Kier alpha value is -2.35. The fourth-order valence-corrected chi connectivity index (χ4v) is 5.19. The monoisotopic (exact) mass is 511 g/mol. The largest absolute Gasteiger partial charge is 0.437 e. The Morgan fingerprint density at radius 3 is 1.71 bits per heavy atom. The normalized spacial score (nSPS) is 14.2. The molecule has 0 radical (unpaired) electrons. The zero-order valence-corrected chi connectivity index (χ0v) is 22.5. The van der Waals surface area contributed by atoms with E-state index in [0.29, 0.717) is 11.1 Å². The maximum Gasteiger partial charge on any atom is 0.437 e. The average molecular weight is 512 g/mol. The van der Waals surface area contributed by atoms with Crippen molar-refractivity contribution in [3.63, 3.8) is 0 Å². The van der Waals surface area contributed by atoms with Gasteiger partial charge in [-0.15, -0.1) is 0 Å². The SMILES string of the molecule is CCC(C)c1ccc(C(=NOS(=O)(=O)c2c(C(C)C)cc(C(C)C)cc2C(C)C)C(F)(F)F)cc1. The molecule has 2 aromatic carbocycles. The van der Waals surface area contributed by atoms with Crippen molar-refractivity contribution in [1.29, 1.82) is 0 Å². The molecule has 0 aromatic heterocycles. The van der Waals surface area contributed by atoms with Crippen LogP contribution in [0.2, 0.25) is 0 Å². The van der Waals surface area contributed by atoms with Gasteiger partial charge in [0.1, 0.15) is 4.90 Å². The lowest BCUT2D eigenvalue weighted by Crippen LogP contribution is -2.25. The van der Waals surface area contributed by atoms with Gasteiger partial charge < -0.3 is 0 Å². The maximum absolute atomic E-state index is 13.9. The molecule has 2 aromatic rings. The van der Waals surface area contributed by atoms with Crippen molar-refractivity contribution in [2.24, 2.45) is 5.16 Å². The fourth-order valence-electron chi connectivity index (χ4n) is 3.78. The molecule has 0 N–H and O–H groups in total. The molecular formula is C27H36F3NO3S.